The zero-order valence-electron chi connectivity index (χ0n) is 34.3. The number of aliphatic hydroxyl groups excluding tert-OH is 1. The molecule has 0 aliphatic rings. The van der Waals surface area contributed by atoms with Gasteiger partial charge in [-0.15, -0.1) is 0 Å². The number of carbonyl (C=O) groups excluding carboxylic acids is 6. The first kappa shape index (κ1) is 51.3. The summed E-state index contributed by atoms with van der Waals surface area (Å²) in [5, 5.41) is 35.2. The number of aromatic nitrogens is 2. The first-order chi connectivity index (χ1) is 27.5. The van der Waals surface area contributed by atoms with Crippen molar-refractivity contribution in [3.63, 3.8) is 0 Å². The minimum Gasteiger partial charge on any atom is -0.480 e. The van der Waals surface area contributed by atoms with Crippen molar-refractivity contribution < 1.29 is 43.8 Å². The van der Waals surface area contributed by atoms with Crippen molar-refractivity contribution in [3.05, 3.63) is 18.2 Å². The van der Waals surface area contributed by atoms with E-state index in [1.165, 1.54) is 12.5 Å². The van der Waals surface area contributed by atoms with Gasteiger partial charge in [-0.25, -0.2) is 9.78 Å². The number of aromatic amines is 1. The quantitative estimate of drug-likeness (QED) is 0.0343. The number of nitrogens with one attached hydrogen (secondary N) is 7. The van der Waals surface area contributed by atoms with Crippen molar-refractivity contribution in [2.24, 2.45) is 34.8 Å². The molecule has 0 saturated heterocycles. The Balaban J connectivity index is 3.14. The normalized spacial score (nSPS) is 14.9. The lowest BCUT2D eigenvalue weighted by Gasteiger charge is -2.29. The molecule has 7 atom stereocenters. The van der Waals surface area contributed by atoms with Crippen LogP contribution in [0.25, 0.3) is 0 Å². The van der Waals surface area contributed by atoms with E-state index >= 15 is 0 Å². The first-order valence-electron chi connectivity index (χ1n) is 20.0. The van der Waals surface area contributed by atoms with E-state index in [0.29, 0.717) is 70.3 Å². The molecule has 0 fully saturated rings. The number of nitrogens with zero attached hydrogens (tertiary/aromatic N) is 1. The monoisotopic (exact) mass is 825 g/mol. The van der Waals surface area contributed by atoms with Crippen molar-refractivity contribution in [2.45, 2.75) is 134 Å². The fourth-order valence-electron chi connectivity index (χ4n) is 5.82. The maximum atomic E-state index is 13.7. The van der Waals surface area contributed by atoms with Crippen molar-refractivity contribution in [1.82, 2.24) is 41.9 Å². The number of aliphatic carboxylic acids is 1. The molecule has 0 saturated carbocycles. The van der Waals surface area contributed by atoms with E-state index in [1.807, 2.05) is 0 Å². The molecule has 0 bridgehead atoms. The summed E-state index contributed by atoms with van der Waals surface area (Å²) in [6, 6.07) is -8.50. The van der Waals surface area contributed by atoms with Crippen LogP contribution in [0.1, 0.15) is 91.2 Å². The molecule has 6 amide bonds. The van der Waals surface area contributed by atoms with Gasteiger partial charge in [0, 0.05) is 18.3 Å². The van der Waals surface area contributed by atoms with Gasteiger partial charge < -0.3 is 70.0 Å². The molecule has 1 heterocycles. The van der Waals surface area contributed by atoms with E-state index in [2.05, 4.69) is 41.9 Å². The summed E-state index contributed by atoms with van der Waals surface area (Å²) < 4.78 is 0. The Labute approximate surface area is 340 Å². The molecule has 58 heavy (non-hydrogen) atoms. The van der Waals surface area contributed by atoms with Crippen molar-refractivity contribution >= 4 is 41.4 Å². The van der Waals surface area contributed by atoms with E-state index in [9.17, 15) is 43.8 Å². The molecule has 0 aliphatic carbocycles. The molecule has 21 heteroatoms. The number of carbonyl (C=O) groups is 7. The highest BCUT2D eigenvalue weighted by Crippen LogP contribution is 2.11. The molecule has 21 nitrogen and oxygen atoms in total. The summed E-state index contributed by atoms with van der Waals surface area (Å²) in [4.78, 5) is 99.2. The zero-order chi connectivity index (χ0) is 43.8. The van der Waals surface area contributed by atoms with Gasteiger partial charge in [0.2, 0.25) is 35.4 Å². The minimum atomic E-state index is -1.55. The van der Waals surface area contributed by atoms with Crippen LogP contribution in [0.5, 0.6) is 0 Å². The van der Waals surface area contributed by atoms with Gasteiger partial charge in [-0.3, -0.25) is 28.8 Å². The summed E-state index contributed by atoms with van der Waals surface area (Å²) in [5.41, 5.74) is 23.2. The van der Waals surface area contributed by atoms with Gasteiger partial charge in [0.05, 0.1) is 19.0 Å². The highest BCUT2D eigenvalue weighted by molar-refractivity contribution is 5.97. The predicted octanol–water partition coefficient (Wildman–Crippen LogP) is -3.04. The average Bonchev–Trinajstić information content (AvgIpc) is 3.69. The predicted molar refractivity (Wildman–Crippen MR) is 215 cm³/mol. The average molecular weight is 825 g/mol. The number of H-pyrrole nitrogens is 1. The van der Waals surface area contributed by atoms with Crippen LogP contribution >= 0.6 is 0 Å². The van der Waals surface area contributed by atoms with E-state index in [1.54, 1.807) is 27.7 Å². The second kappa shape index (κ2) is 27.9. The number of hydrogen-bond acceptors (Lipinski definition) is 13. The van der Waals surface area contributed by atoms with E-state index < -0.39 is 102 Å². The van der Waals surface area contributed by atoms with Crippen molar-refractivity contribution in [3.8, 4) is 0 Å². The summed E-state index contributed by atoms with van der Waals surface area (Å²) in [6.45, 7) is 6.86. The first-order valence-corrected chi connectivity index (χ1v) is 20.0. The summed E-state index contributed by atoms with van der Waals surface area (Å²) in [6.07, 6.45) is 6.70. The highest BCUT2D eigenvalue weighted by Gasteiger charge is 2.35. The molecule has 1 aromatic heterocycles. The van der Waals surface area contributed by atoms with Gasteiger partial charge >= 0.3 is 5.97 Å². The van der Waals surface area contributed by atoms with Crippen LogP contribution in [0.4, 0.5) is 0 Å². The van der Waals surface area contributed by atoms with Gasteiger partial charge in [0.1, 0.15) is 36.3 Å². The topological polar surface area (TPSA) is 365 Å². The fraction of sp³-hybridized carbons (Fsp3) is 0.730. The highest BCUT2D eigenvalue weighted by atomic mass is 16.4. The van der Waals surface area contributed by atoms with Crippen LogP contribution in [-0.4, -0.2) is 130 Å². The number of nitrogens with two attached hydrogens (primary N) is 4. The Bertz CT molecular complexity index is 1430. The Kier molecular flexibility index (Phi) is 24.6. The summed E-state index contributed by atoms with van der Waals surface area (Å²) >= 11 is 0. The van der Waals surface area contributed by atoms with Crippen molar-refractivity contribution in [2.75, 3.05) is 26.2 Å². The Hall–Kier alpha value is -4.70. The fourth-order valence-corrected chi connectivity index (χ4v) is 5.82. The molecule has 0 aromatic carbocycles. The maximum Gasteiger partial charge on any atom is 0.326 e. The molecule has 0 radical (unpaired) electrons. The van der Waals surface area contributed by atoms with Gasteiger partial charge in [-0.1, -0.05) is 34.1 Å². The number of amides is 6. The number of aliphatic hydroxyl groups is 1. The van der Waals surface area contributed by atoms with E-state index in [-0.39, 0.29) is 19.3 Å². The summed E-state index contributed by atoms with van der Waals surface area (Å²) in [5.74, 6) is -6.82. The Morgan fingerprint density at radius 1 is 0.603 bits per heavy atom. The molecular formula is C37H68N12O9. The molecular weight excluding hydrogens is 756 g/mol. The van der Waals surface area contributed by atoms with E-state index in [4.69, 9.17) is 22.9 Å². The molecule has 0 aliphatic heterocycles. The second-order valence-corrected chi connectivity index (χ2v) is 15.0. The second-order valence-electron chi connectivity index (χ2n) is 15.0. The van der Waals surface area contributed by atoms with Gasteiger partial charge in [0.15, 0.2) is 0 Å². The zero-order valence-corrected chi connectivity index (χ0v) is 34.3. The summed E-state index contributed by atoms with van der Waals surface area (Å²) in [7, 11) is 0. The molecule has 17 N–H and O–H groups in total. The Morgan fingerprint density at radius 2 is 1.03 bits per heavy atom. The minimum absolute atomic E-state index is 0.0486. The number of carboxylic acids is 1. The van der Waals surface area contributed by atoms with Crippen molar-refractivity contribution in [1.29, 1.82) is 0 Å². The van der Waals surface area contributed by atoms with Crippen LogP contribution in [0.2, 0.25) is 0 Å². The molecule has 1 aromatic rings. The lowest BCUT2D eigenvalue weighted by molar-refractivity contribution is -0.142. The molecule has 0 spiro atoms. The lowest BCUT2D eigenvalue weighted by atomic mass is 9.98. The van der Waals surface area contributed by atoms with Crippen LogP contribution in [0, 0.1) is 11.8 Å². The van der Waals surface area contributed by atoms with Gasteiger partial charge in [-0.2, -0.15) is 0 Å². The van der Waals surface area contributed by atoms with E-state index in [0.717, 1.165) is 0 Å². The molecule has 330 valence electrons. The van der Waals surface area contributed by atoms with Gasteiger partial charge in [0.25, 0.3) is 0 Å². The third-order valence-electron chi connectivity index (χ3n) is 9.37. The lowest BCUT2D eigenvalue weighted by Crippen LogP contribution is -2.62. The number of hydrogen-bond donors (Lipinski definition) is 13. The largest absolute Gasteiger partial charge is 0.480 e. The van der Waals surface area contributed by atoms with Crippen LogP contribution in [0.15, 0.2) is 12.5 Å². The van der Waals surface area contributed by atoms with Crippen LogP contribution < -0.4 is 54.8 Å². The standard InChI is InChI=1S/C37H68N12O9/c1-21(2)29(35(55)44-25(12-6-9-15-39)32(52)45-26(37(57)58)13-7-10-16-40)49-36(56)30(22(3)4)48-34(54)28(19-50)47-33(53)27(17-23-18-42-20-43-23)46-31(51)24(41)11-5-8-14-38/h18,20-22,24-30,50H,5-17,19,38-41H2,1-4H3,(H,42,43)(H,44,55)(H,45,52)(H,46,51)(H,47,53)(H,48,54)(H,49,56)(H,57,58)/t24-,25-,26-,27-,28-,29-,30-/m0/s1. The molecule has 1 rings (SSSR count). The number of rotatable bonds is 30. The van der Waals surface area contributed by atoms with Crippen LogP contribution in [0.3, 0.4) is 0 Å². The van der Waals surface area contributed by atoms with Crippen LogP contribution in [-0.2, 0) is 40.0 Å². The molecule has 0 unspecified atom stereocenters. The third-order valence-corrected chi connectivity index (χ3v) is 9.37. The third kappa shape index (κ3) is 18.7. The number of imidazole rings is 1. The SMILES string of the molecule is CC(C)[C@H](NC(=O)[C@H](CO)NC(=O)[C@H](Cc1cnc[nH]1)NC(=O)[C@@H](N)CCCCN)C(=O)N[C@H](C(=O)N[C@@H](CCCCN)C(=O)N[C@@H](CCCCN)C(=O)O)C(C)C. The number of carboxylic acid groups (broad SMARTS) is 1. The maximum absolute atomic E-state index is 13.7. The smallest absolute Gasteiger partial charge is 0.326 e. The van der Waals surface area contributed by atoms with Gasteiger partial charge in [-0.05, 0) is 82.8 Å². The number of unbranched alkanes of at least 4 members (excludes halogenated alkanes) is 3. The Morgan fingerprint density at radius 3 is 1.52 bits per heavy atom.